The van der Waals surface area contributed by atoms with Crippen molar-refractivity contribution in [2.45, 2.75) is 27.7 Å². The van der Waals surface area contributed by atoms with Crippen molar-refractivity contribution >= 4 is 16.0 Å². The summed E-state index contributed by atoms with van der Waals surface area (Å²) in [5.41, 5.74) is -0.316. The van der Waals surface area contributed by atoms with Crippen LogP contribution < -0.4 is 0 Å². The lowest BCUT2D eigenvalue weighted by Crippen LogP contribution is -2.36. The van der Waals surface area contributed by atoms with E-state index in [0.29, 0.717) is 6.54 Å². The lowest BCUT2D eigenvalue weighted by molar-refractivity contribution is -0.142. The maximum absolute atomic E-state index is 12.1. The number of hydrogen-bond acceptors (Lipinski definition) is 3. The zero-order valence-corrected chi connectivity index (χ0v) is 11.6. The van der Waals surface area contributed by atoms with E-state index in [-0.39, 0.29) is 23.6 Å². The molecule has 2 atom stereocenters. The van der Waals surface area contributed by atoms with Crippen molar-refractivity contribution in [2.75, 3.05) is 18.8 Å². The second-order valence-electron chi connectivity index (χ2n) is 6.06. The molecular formula is C11H21NO4S. The van der Waals surface area contributed by atoms with Crippen molar-refractivity contribution < 1.29 is 18.3 Å². The molecule has 1 saturated heterocycles. The minimum atomic E-state index is -3.35. The van der Waals surface area contributed by atoms with Crippen molar-refractivity contribution in [3.8, 4) is 0 Å². The van der Waals surface area contributed by atoms with E-state index in [1.807, 2.05) is 20.8 Å². The summed E-state index contributed by atoms with van der Waals surface area (Å²) in [7, 11) is -3.35. The van der Waals surface area contributed by atoms with Crippen molar-refractivity contribution in [2.24, 2.45) is 17.3 Å². The van der Waals surface area contributed by atoms with Gasteiger partial charge in [-0.1, -0.05) is 27.7 Å². The van der Waals surface area contributed by atoms with Crippen molar-refractivity contribution in [1.29, 1.82) is 0 Å². The summed E-state index contributed by atoms with van der Waals surface area (Å²) < 4.78 is 25.5. The molecule has 0 aromatic heterocycles. The predicted octanol–water partition coefficient (Wildman–Crippen LogP) is 1.01. The lowest BCUT2D eigenvalue weighted by atomic mass is 9.99. The molecule has 1 aliphatic heterocycles. The molecule has 6 heteroatoms. The molecule has 0 aromatic carbocycles. The highest BCUT2D eigenvalue weighted by Crippen LogP contribution is 2.28. The van der Waals surface area contributed by atoms with E-state index in [9.17, 15) is 13.2 Å². The first-order chi connectivity index (χ1) is 7.53. The smallest absolute Gasteiger partial charge is 0.308 e. The van der Waals surface area contributed by atoms with E-state index in [0.717, 1.165) is 0 Å². The van der Waals surface area contributed by atoms with Crippen LogP contribution in [0.3, 0.4) is 0 Å². The molecule has 0 aliphatic carbocycles. The van der Waals surface area contributed by atoms with Crippen molar-refractivity contribution in [3.63, 3.8) is 0 Å². The Balaban J connectivity index is 2.80. The first kappa shape index (κ1) is 14.4. The third-order valence-corrected chi connectivity index (χ3v) is 5.22. The molecule has 1 heterocycles. The number of sulfonamides is 1. The third kappa shape index (κ3) is 3.67. The Bertz CT molecular complexity index is 396. The molecule has 0 radical (unpaired) electrons. The summed E-state index contributed by atoms with van der Waals surface area (Å²) >= 11 is 0. The standard InChI is InChI=1S/C11H21NO4S/c1-8-5-12(6-9(8)10(13)14)17(15,16)7-11(2,3)4/h8-9H,5-7H2,1-4H3,(H,13,14). The van der Waals surface area contributed by atoms with Gasteiger partial charge in [0.15, 0.2) is 0 Å². The molecule has 1 N–H and O–H groups in total. The molecule has 0 aromatic rings. The van der Waals surface area contributed by atoms with E-state index in [1.54, 1.807) is 6.92 Å². The summed E-state index contributed by atoms with van der Waals surface area (Å²) in [6, 6.07) is 0. The number of hydrogen-bond donors (Lipinski definition) is 1. The van der Waals surface area contributed by atoms with Gasteiger partial charge in [0.25, 0.3) is 0 Å². The maximum Gasteiger partial charge on any atom is 0.308 e. The fraction of sp³-hybridized carbons (Fsp3) is 0.909. The number of rotatable bonds is 3. The summed E-state index contributed by atoms with van der Waals surface area (Å²) in [6.07, 6.45) is 0. The minimum absolute atomic E-state index is 0.0546. The summed E-state index contributed by atoms with van der Waals surface area (Å²) in [6.45, 7) is 7.78. The summed E-state index contributed by atoms with van der Waals surface area (Å²) in [5, 5.41) is 8.98. The van der Waals surface area contributed by atoms with Crippen LogP contribution >= 0.6 is 0 Å². The molecule has 2 unspecified atom stereocenters. The van der Waals surface area contributed by atoms with E-state index in [2.05, 4.69) is 0 Å². The quantitative estimate of drug-likeness (QED) is 0.824. The molecule has 5 nitrogen and oxygen atoms in total. The van der Waals surface area contributed by atoms with Gasteiger partial charge < -0.3 is 5.11 Å². The van der Waals surface area contributed by atoms with Gasteiger partial charge in [-0.25, -0.2) is 12.7 Å². The van der Waals surface area contributed by atoms with Crippen LogP contribution in [0.5, 0.6) is 0 Å². The molecule has 1 aliphatic rings. The normalized spacial score (nSPS) is 27.3. The average Bonchev–Trinajstić information content (AvgIpc) is 2.43. The number of carbonyl (C=O) groups is 1. The van der Waals surface area contributed by atoms with Gasteiger partial charge in [-0.15, -0.1) is 0 Å². The predicted molar refractivity (Wildman–Crippen MR) is 65.1 cm³/mol. The molecule has 1 fully saturated rings. The van der Waals surface area contributed by atoms with Gasteiger partial charge in [-0.05, 0) is 11.3 Å². The summed E-state index contributed by atoms with van der Waals surface area (Å²) in [5.74, 6) is -1.56. The molecule has 100 valence electrons. The molecule has 0 saturated carbocycles. The number of nitrogens with zero attached hydrogens (tertiary/aromatic N) is 1. The summed E-state index contributed by atoms with van der Waals surface area (Å²) in [4.78, 5) is 10.9. The number of carboxylic acids is 1. The van der Waals surface area contributed by atoms with Gasteiger partial charge in [-0.3, -0.25) is 4.79 Å². The Morgan fingerprint density at radius 3 is 2.24 bits per heavy atom. The van der Waals surface area contributed by atoms with Crippen LogP contribution in [0.1, 0.15) is 27.7 Å². The first-order valence-electron chi connectivity index (χ1n) is 5.73. The van der Waals surface area contributed by atoms with Crippen LogP contribution in [0, 0.1) is 17.3 Å². The van der Waals surface area contributed by atoms with E-state index >= 15 is 0 Å². The van der Waals surface area contributed by atoms with Crippen LogP contribution in [0.2, 0.25) is 0 Å². The zero-order valence-electron chi connectivity index (χ0n) is 10.8. The van der Waals surface area contributed by atoms with Gasteiger partial charge >= 0.3 is 5.97 Å². The molecule has 0 bridgehead atoms. The Morgan fingerprint density at radius 2 is 1.88 bits per heavy atom. The lowest BCUT2D eigenvalue weighted by Gasteiger charge is -2.23. The maximum atomic E-state index is 12.1. The minimum Gasteiger partial charge on any atom is -0.481 e. The monoisotopic (exact) mass is 263 g/mol. The van der Waals surface area contributed by atoms with Gasteiger partial charge in [0.1, 0.15) is 0 Å². The fourth-order valence-electron chi connectivity index (χ4n) is 2.11. The highest BCUT2D eigenvalue weighted by molar-refractivity contribution is 7.89. The molecule has 0 spiro atoms. The average molecular weight is 263 g/mol. The Morgan fingerprint density at radius 1 is 1.35 bits per heavy atom. The highest BCUT2D eigenvalue weighted by atomic mass is 32.2. The Labute approximate surface area is 103 Å². The van der Waals surface area contributed by atoms with Gasteiger partial charge in [-0.2, -0.15) is 0 Å². The molecule has 17 heavy (non-hydrogen) atoms. The van der Waals surface area contributed by atoms with Crippen LogP contribution in [-0.2, 0) is 14.8 Å². The van der Waals surface area contributed by atoms with Gasteiger partial charge in [0, 0.05) is 13.1 Å². The second kappa shape index (κ2) is 4.57. The zero-order chi connectivity index (χ0) is 13.4. The van der Waals surface area contributed by atoms with E-state index < -0.39 is 21.9 Å². The Kier molecular flexibility index (Phi) is 3.88. The van der Waals surface area contributed by atoms with Crippen molar-refractivity contribution in [1.82, 2.24) is 4.31 Å². The second-order valence-corrected chi connectivity index (χ2v) is 8.02. The van der Waals surface area contributed by atoms with E-state index in [1.165, 1.54) is 4.31 Å². The molecular weight excluding hydrogens is 242 g/mol. The number of aliphatic carboxylic acids is 1. The van der Waals surface area contributed by atoms with Crippen LogP contribution in [0.25, 0.3) is 0 Å². The topological polar surface area (TPSA) is 74.7 Å². The van der Waals surface area contributed by atoms with Crippen LogP contribution in [0.4, 0.5) is 0 Å². The largest absolute Gasteiger partial charge is 0.481 e. The van der Waals surface area contributed by atoms with Gasteiger partial charge in [0.2, 0.25) is 10.0 Å². The third-order valence-electron chi connectivity index (χ3n) is 2.90. The molecule has 1 rings (SSSR count). The highest BCUT2D eigenvalue weighted by Gasteiger charge is 2.41. The SMILES string of the molecule is CC1CN(S(=O)(=O)CC(C)(C)C)CC1C(=O)O. The van der Waals surface area contributed by atoms with Gasteiger partial charge in [0.05, 0.1) is 11.7 Å². The fourth-order valence-corrected chi connectivity index (χ4v) is 4.24. The van der Waals surface area contributed by atoms with E-state index in [4.69, 9.17) is 5.11 Å². The Hall–Kier alpha value is -0.620. The first-order valence-corrected chi connectivity index (χ1v) is 7.34. The van der Waals surface area contributed by atoms with Crippen LogP contribution in [0.15, 0.2) is 0 Å². The molecule has 0 amide bonds. The van der Waals surface area contributed by atoms with Crippen molar-refractivity contribution in [3.05, 3.63) is 0 Å². The van der Waals surface area contributed by atoms with Crippen LogP contribution in [-0.4, -0.2) is 42.6 Å². The number of carboxylic acid groups (broad SMARTS) is 1.